The number of hydrogen-bond acceptors (Lipinski definition) is 4. The van der Waals surface area contributed by atoms with Crippen LogP contribution < -0.4 is 5.32 Å². The summed E-state index contributed by atoms with van der Waals surface area (Å²) >= 11 is 0. The van der Waals surface area contributed by atoms with E-state index in [0.717, 1.165) is 19.4 Å². The Morgan fingerprint density at radius 2 is 2.35 bits per heavy atom. The molecule has 0 bridgehead atoms. The quantitative estimate of drug-likeness (QED) is 0.516. The Kier molecular flexibility index (Phi) is 8.99. The number of aliphatic hydroxyl groups excluding tert-OH is 1. The second-order valence-corrected chi connectivity index (χ2v) is 3.52. The molecule has 0 aromatic rings. The van der Waals surface area contributed by atoms with Gasteiger partial charge in [0.25, 0.3) is 0 Å². The smallest absolute Gasteiger partial charge is 0.245 e. The van der Waals surface area contributed by atoms with E-state index >= 15 is 0 Å². The van der Waals surface area contributed by atoms with E-state index in [0.29, 0.717) is 6.41 Å². The van der Waals surface area contributed by atoms with E-state index < -0.39 is 0 Å². The summed E-state index contributed by atoms with van der Waals surface area (Å²) in [7, 11) is 3.07. The van der Waals surface area contributed by atoms with Crippen LogP contribution in [0.5, 0.6) is 0 Å². The Labute approximate surface area is 101 Å². The van der Waals surface area contributed by atoms with Crippen LogP contribution >= 0.6 is 0 Å². The Morgan fingerprint density at radius 1 is 1.65 bits per heavy atom. The predicted molar refractivity (Wildman–Crippen MR) is 63.1 cm³/mol. The molecule has 0 saturated carbocycles. The Hall–Kier alpha value is -1.40. The van der Waals surface area contributed by atoms with Gasteiger partial charge in [0.15, 0.2) is 0 Å². The summed E-state index contributed by atoms with van der Waals surface area (Å²) in [4.78, 5) is 21.7. The molecule has 1 atom stereocenters. The van der Waals surface area contributed by atoms with Gasteiger partial charge in [0, 0.05) is 33.0 Å². The normalized spacial score (nSPS) is 18.4. The molecule has 1 unspecified atom stereocenters. The molecule has 2 amide bonds. The minimum Gasteiger partial charge on any atom is -0.394 e. The fourth-order valence-corrected chi connectivity index (χ4v) is 1.09. The molecule has 1 aliphatic rings. The Morgan fingerprint density at radius 3 is 2.71 bits per heavy atom. The van der Waals surface area contributed by atoms with Crippen molar-refractivity contribution in [2.45, 2.75) is 18.9 Å². The number of nitrogens with one attached hydrogen (secondary N) is 1. The van der Waals surface area contributed by atoms with Crippen LogP contribution in [0.2, 0.25) is 0 Å². The number of ether oxygens (including phenoxy) is 1. The zero-order valence-corrected chi connectivity index (χ0v) is 10.3. The first-order valence-electron chi connectivity index (χ1n) is 5.43. The van der Waals surface area contributed by atoms with Gasteiger partial charge in [0.05, 0.1) is 12.7 Å². The minimum atomic E-state index is -0.228. The molecule has 0 spiro atoms. The molecule has 17 heavy (non-hydrogen) atoms. The second kappa shape index (κ2) is 9.80. The van der Waals surface area contributed by atoms with Gasteiger partial charge in [0.2, 0.25) is 12.3 Å². The number of hydrogen-bond donors (Lipinski definition) is 2. The lowest BCUT2D eigenvalue weighted by molar-refractivity contribution is -0.116. The minimum absolute atomic E-state index is 0.153. The van der Waals surface area contributed by atoms with Crippen LogP contribution in [0, 0.1) is 0 Å². The molecule has 1 aliphatic heterocycles. The van der Waals surface area contributed by atoms with Crippen molar-refractivity contribution in [3.05, 3.63) is 12.3 Å². The summed E-state index contributed by atoms with van der Waals surface area (Å²) in [5, 5.41) is 10.8. The number of nitrogens with zero attached hydrogens (tertiary/aromatic N) is 1. The van der Waals surface area contributed by atoms with Gasteiger partial charge < -0.3 is 20.1 Å². The third kappa shape index (κ3) is 8.41. The molecule has 2 N–H and O–H groups in total. The van der Waals surface area contributed by atoms with E-state index in [2.05, 4.69) is 5.32 Å². The van der Waals surface area contributed by atoms with Crippen molar-refractivity contribution in [1.82, 2.24) is 10.2 Å². The average molecular weight is 244 g/mol. The Balaban J connectivity index is 0.000000318. The third-order valence-electron chi connectivity index (χ3n) is 2.10. The van der Waals surface area contributed by atoms with E-state index in [1.165, 1.54) is 24.2 Å². The van der Waals surface area contributed by atoms with E-state index in [4.69, 9.17) is 9.84 Å². The van der Waals surface area contributed by atoms with Gasteiger partial charge >= 0.3 is 0 Å². The van der Waals surface area contributed by atoms with Crippen molar-refractivity contribution < 1.29 is 19.4 Å². The summed E-state index contributed by atoms with van der Waals surface area (Å²) in [6.45, 7) is 1.03. The SMILES string of the molecule is CNC(=O)/C=C\N(C)C=O.OCC1CCCO1. The van der Waals surface area contributed by atoms with Crippen molar-refractivity contribution in [3.63, 3.8) is 0 Å². The number of aliphatic hydroxyl groups is 1. The molecule has 0 aliphatic carbocycles. The highest BCUT2D eigenvalue weighted by atomic mass is 16.5. The average Bonchev–Trinajstić information content (AvgIpc) is 2.89. The lowest BCUT2D eigenvalue weighted by Gasteiger charge is -2.00. The number of likely N-dealkylation sites (N-methyl/N-ethyl adjacent to an activating group) is 1. The molecular weight excluding hydrogens is 224 g/mol. The monoisotopic (exact) mass is 244 g/mol. The van der Waals surface area contributed by atoms with Crippen molar-refractivity contribution >= 4 is 12.3 Å². The zero-order chi connectivity index (χ0) is 13.1. The highest BCUT2D eigenvalue weighted by Gasteiger charge is 2.12. The zero-order valence-electron chi connectivity index (χ0n) is 10.3. The highest BCUT2D eigenvalue weighted by Crippen LogP contribution is 2.09. The fourth-order valence-electron chi connectivity index (χ4n) is 1.09. The van der Waals surface area contributed by atoms with E-state index in [1.54, 1.807) is 7.05 Å². The molecular formula is C11H20N2O4. The van der Waals surface area contributed by atoms with Crippen LogP contribution in [0.15, 0.2) is 12.3 Å². The first kappa shape index (κ1) is 15.6. The number of amides is 2. The number of carbonyl (C=O) groups is 2. The van der Waals surface area contributed by atoms with E-state index in [-0.39, 0.29) is 18.6 Å². The van der Waals surface area contributed by atoms with Gasteiger partial charge in [0.1, 0.15) is 0 Å². The van der Waals surface area contributed by atoms with Crippen LogP contribution in [-0.2, 0) is 14.3 Å². The fraction of sp³-hybridized carbons (Fsp3) is 0.636. The van der Waals surface area contributed by atoms with Crippen molar-refractivity contribution in [3.8, 4) is 0 Å². The third-order valence-corrected chi connectivity index (χ3v) is 2.10. The van der Waals surface area contributed by atoms with Crippen molar-refractivity contribution in [2.75, 3.05) is 27.3 Å². The summed E-state index contributed by atoms with van der Waals surface area (Å²) < 4.78 is 5.05. The maximum atomic E-state index is 10.5. The van der Waals surface area contributed by atoms with Crippen molar-refractivity contribution in [2.24, 2.45) is 0 Å². The summed E-state index contributed by atoms with van der Waals surface area (Å²) in [5.41, 5.74) is 0. The first-order chi connectivity index (χ1) is 8.13. The second-order valence-electron chi connectivity index (χ2n) is 3.52. The summed E-state index contributed by atoms with van der Waals surface area (Å²) in [6, 6.07) is 0. The van der Waals surface area contributed by atoms with Crippen LogP contribution in [0.3, 0.4) is 0 Å². The standard InChI is InChI=1S/C6H10N2O2.C5H10O2/c1-7-6(10)3-4-8(2)5-9;6-4-5-2-1-3-7-5/h3-5H,1-2H3,(H,7,10);5-6H,1-4H2/b4-3-;. The maximum Gasteiger partial charge on any atom is 0.245 e. The van der Waals surface area contributed by atoms with Crippen LogP contribution in [0.4, 0.5) is 0 Å². The van der Waals surface area contributed by atoms with E-state index in [9.17, 15) is 9.59 Å². The molecule has 6 nitrogen and oxygen atoms in total. The van der Waals surface area contributed by atoms with Gasteiger partial charge in [-0.1, -0.05) is 0 Å². The van der Waals surface area contributed by atoms with Gasteiger partial charge in [-0.15, -0.1) is 0 Å². The topological polar surface area (TPSA) is 78.9 Å². The van der Waals surface area contributed by atoms with Crippen LogP contribution in [0.1, 0.15) is 12.8 Å². The molecule has 0 radical (unpaired) electrons. The maximum absolute atomic E-state index is 10.5. The number of rotatable bonds is 4. The van der Waals surface area contributed by atoms with Gasteiger partial charge in [-0.3, -0.25) is 9.59 Å². The molecule has 1 heterocycles. The van der Waals surface area contributed by atoms with Crippen LogP contribution in [-0.4, -0.2) is 55.7 Å². The molecule has 0 aromatic heterocycles. The van der Waals surface area contributed by atoms with Crippen molar-refractivity contribution in [1.29, 1.82) is 0 Å². The molecule has 0 aromatic carbocycles. The summed E-state index contributed by atoms with van der Waals surface area (Å²) in [6.07, 6.45) is 5.57. The number of carbonyl (C=O) groups excluding carboxylic acids is 2. The lowest BCUT2D eigenvalue weighted by atomic mass is 10.2. The van der Waals surface area contributed by atoms with Crippen LogP contribution in [0.25, 0.3) is 0 Å². The van der Waals surface area contributed by atoms with Gasteiger partial charge in [-0.2, -0.15) is 0 Å². The molecule has 6 heteroatoms. The first-order valence-corrected chi connectivity index (χ1v) is 5.43. The van der Waals surface area contributed by atoms with Gasteiger partial charge in [-0.25, -0.2) is 0 Å². The molecule has 1 rings (SSSR count). The highest BCUT2D eigenvalue weighted by molar-refractivity contribution is 5.87. The molecule has 98 valence electrons. The van der Waals surface area contributed by atoms with Gasteiger partial charge in [-0.05, 0) is 12.8 Å². The molecule has 1 saturated heterocycles. The predicted octanol–water partition coefficient (Wildman–Crippen LogP) is -0.508. The van der Waals surface area contributed by atoms with E-state index in [1.807, 2.05) is 0 Å². The largest absolute Gasteiger partial charge is 0.394 e. The summed E-state index contributed by atoms with van der Waals surface area (Å²) in [5.74, 6) is -0.228. The molecule has 1 fully saturated rings. The lowest BCUT2D eigenvalue weighted by Crippen LogP contribution is -2.16. The Bertz CT molecular complexity index is 250.